The molecule has 26 heavy (non-hydrogen) atoms. The van der Waals surface area contributed by atoms with Crippen molar-refractivity contribution in [2.45, 2.75) is 13.0 Å². The molecule has 0 amide bonds. The smallest absolute Gasteiger partial charge is 0.115 e. The van der Waals surface area contributed by atoms with Crippen LogP contribution < -0.4 is 0 Å². The Hall–Kier alpha value is -2.57. The fraction of sp³-hybridized carbons (Fsp3) is 0.350. The molecule has 4 rings (SSSR count). The van der Waals surface area contributed by atoms with Crippen molar-refractivity contribution in [1.82, 2.24) is 24.6 Å². The minimum atomic E-state index is 0.856. The topological polar surface area (TPSA) is 56.1 Å². The number of morpholine rings is 1. The van der Waals surface area contributed by atoms with E-state index in [4.69, 9.17) is 9.84 Å². The zero-order valence-electron chi connectivity index (χ0n) is 14.8. The molecule has 0 radical (unpaired) electrons. The summed E-state index contributed by atoms with van der Waals surface area (Å²) in [6, 6.07) is 10.4. The summed E-state index contributed by atoms with van der Waals surface area (Å²) < 4.78 is 7.43. The average molecular weight is 349 g/mol. The first kappa shape index (κ1) is 16.9. The summed E-state index contributed by atoms with van der Waals surface area (Å²) in [4.78, 5) is 10.7. The molecule has 3 aromatic rings. The van der Waals surface area contributed by atoms with Crippen molar-refractivity contribution in [3.05, 3.63) is 55.2 Å². The molecule has 6 nitrogen and oxygen atoms in total. The van der Waals surface area contributed by atoms with Gasteiger partial charge in [0.15, 0.2) is 0 Å². The summed E-state index contributed by atoms with van der Waals surface area (Å²) in [6.45, 7) is 5.83. The fourth-order valence-corrected chi connectivity index (χ4v) is 3.23. The van der Waals surface area contributed by atoms with Crippen LogP contribution >= 0.6 is 0 Å². The van der Waals surface area contributed by atoms with E-state index >= 15 is 0 Å². The van der Waals surface area contributed by atoms with Gasteiger partial charge in [-0.2, -0.15) is 5.10 Å². The molecular weight excluding hydrogens is 326 g/mol. The lowest BCUT2D eigenvalue weighted by molar-refractivity contribution is 0.0368. The number of ether oxygens (including phenoxy) is 1. The number of benzene rings is 1. The number of aryl methyl sites for hydroxylation is 1. The molecular formula is C20H23N5O. The maximum atomic E-state index is 5.39. The van der Waals surface area contributed by atoms with Crippen LogP contribution in [0.25, 0.3) is 22.4 Å². The van der Waals surface area contributed by atoms with Crippen molar-refractivity contribution in [3.63, 3.8) is 0 Å². The van der Waals surface area contributed by atoms with Gasteiger partial charge >= 0.3 is 0 Å². The number of rotatable bonds is 6. The predicted octanol–water partition coefficient (Wildman–Crippen LogP) is 2.73. The summed E-state index contributed by atoms with van der Waals surface area (Å²) >= 11 is 0. The number of hydrogen-bond donors (Lipinski definition) is 0. The highest BCUT2D eigenvalue weighted by Crippen LogP contribution is 2.24. The molecule has 1 aliphatic heterocycles. The molecule has 1 aliphatic rings. The van der Waals surface area contributed by atoms with Gasteiger partial charge in [0.05, 0.1) is 18.9 Å². The lowest BCUT2D eigenvalue weighted by Crippen LogP contribution is -2.37. The molecule has 134 valence electrons. The molecule has 1 aromatic carbocycles. The normalized spacial score (nSPS) is 15.2. The van der Waals surface area contributed by atoms with Crippen molar-refractivity contribution in [1.29, 1.82) is 0 Å². The van der Waals surface area contributed by atoms with E-state index < -0.39 is 0 Å². The van der Waals surface area contributed by atoms with Crippen LogP contribution in [0.4, 0.5) is 0 Å². The van der Waals surface area contributed by atoms with Crippen LogP contribution in [0.2, 0.25) is 0 Å². The number of nitrogens with zero attached hydrogens (tertiary/aromatic N) is 5. The fourth-order valence-electron chi connectivity index (χ4n) is 3.23. The Morgan fingerprint density at radius 3 is 2.58 bits per heavy atom. The molecule has 1 fully saturated rings. The Bertz CT molecular complexity index is 827. The van der Waals surface area contributed by atoms with Gasteiger partial charge in [-0.25, -0.2) is 9.97 Å². The van der Waals surface area contributed by atoms with Crippen molar-refractivity contribution in [2.24, 2.45) is 0 Å². The largest absolute Gasteiger partial charge is 0.379 e. The molecule has 0 unspecified atom stereocenters. The Morgan fingerprint density at radius 1 is 0.923 bits per heavy atom. The van der Waals surface area contributed by atoms with E-state index in [0.717, 1.165) is 68.2 Å². The molecule has 0 saturated carbocycles. The molecule has 0 atom stereocenters. The van der Waals surface area contributed by atoms with E-state index in [9.17, 15) is 0 Å². The third-order valence-corrected chi connectivity index (χ3v) is 4.66. The van der Waals surface area contributed by atoms with Gasteiger partial charge in [-0.05, 0) is 24.1 Å². The first-order valence-electron chi connectivity index (χ1n) is 9.08. The SMILES string of the molecule is c1cc(-c2cncnc2)cc(-c2ccn(CCCN3CCOCC3)n2)c1. The standard InChI is InChI=1S/C20H23N5O/c1-3-17(19-14-21-16-22-15-19)13-18(4-1)20-5-8-25(23-20)7-2-6-24-9-11-26-12-10-24/h1,3-5,8,13-16H,2,6-7,9-12H2. The average Bonchev–Trinajstić information content (AvgIpc) is 3.19. The summed E-state index contributed by atoms with van der Waals surface area (Å²) in [7, 11) is 0. The minimum Gasteiger partial charge on any atom is -0.379 e. The van der Waals surface area contributed by atoms with E-state index in [-0.39, 0.29) is 0 Å². The Kier molecular flexibility index (Phi) is 5.33. The number of aromatic nitrogens is 4. The Labute approximate surface area is 153 Å². The van der Waals surface area contributed by atoms with Crippen LogP contribution in [0.3, 0.4) is 0 Å². The summed E-state index contributed by atoms with van der Waals surface area (Å²) in [5, 5.41) is 4.74. The Balaban J connectivity index is 1.40. The van der Waals surface area contributed by atoms with Crippen LogP contribution in [0.5, 0.6) is 0 Å². The van der Waals surface area contributed by atoms with Gasteiger partial charge in [0.1, 0.15) is 6.33 Å². The maximum Gasteiger partial charge on any atom is 0.115 e. The van der Waals surface area contributed by atoms with Gasteiger partial charge < -0.3 is 4.74 Å². The van der Waals surface area contributed by atoms with Crippen LogP contribution in [0.1, 0.15) is 6.42 Å². The highest BCUT2D eigenvalue weighted by atomic mass is 16.5. The molecule has 3 heterocycles. The summed E-state index contributed by atoms with van der Waals surface area (Å²) in [6.07, 6.45) is 8.37. The minimum absolute atomic E-state index is 0.856. The first-order chi connectivity index (χ1) is 12.9. The molecule has 6 heteroatoms. The van der Waals surface area contributed by atoms with E-state index in [1.807, 2.05) is 17.1 Å². The highest BCUT2D eigenvalue weighted by molar-refractivity contribution is 5.70. The lowest BCUT2D eigenvalue weighted by Gasteiger charge is -2.26. The molecule has 0 spiro atoms. The van der Waals surface area contributed by atoms with Gasteiger partial charge in [-0.15, -0.1) is 0 Å². The van der Waals surface area contributed by atoms with Gasteiger partial charge in [-0.1, -0.05) is 18.2 Å². The second kappa shape index (κ2) is 8.21. The first-order valence-corrected chi connectivity index (χ1v) is 9.08. The second-order valence-corrected chi connectivity index (χ2v) is 6.48. The van der Waals surface area contributed by atoms with Crippen molar-refractivity contribution < 1.29 is 4.74 Å². The van der Waals surface area contributed by atoms with Gasteiger partial charge in [0.2, 0.25) is 0 Å². The molecule has 0 bridgehead atoms. The number of hydrogen-bond acceptors (Lipinski definition) is 5. The molecule has 2 aromatic heterocycles. The highest BCUT2D eigenvalue weighted by Gasteiger charge is 2.10. The summed E-state index contributed by atoms with van der Waals surface area (Å²) in [5.74, 6) is 0. The molecule has 1 saturated heterocycles. The van der Waals surface area contributed by atoms with E-state index in [0.29, 0.717) is 0 Å². The van der Waals surface area contributed by atoms with Gasteiger partial charge in [0, 0.05) is 55.9 Å². The molecule has 0 aliphatic carbocycles. The molecule has 0 N–H and O–H groups in total. The van der Waals surface area contributed by atoms with Gasteiger partial charge in [-0.3, -0.25) is 9.58 Å². The third kappa shape index (κ3) is 4.15. The zero-order valence-corrected chi connectivity index (χ0v) is 14.8. The lowest BCUT2D eigenvalue weighted by atomic mass is 10.0. The monoisotopic (exact) mass is 349 g/mol. The Morgan fingerprint density at radius 2 is 1.73 bits per heavy atom. The van der Waals surface area contributed by atoms with E-state index in [2.05, 4.69) is 51.4 Å². The van der Waals surface area contributed by atoms with Crippen molar-refractivity contribution in [2.75, 3.05) is 32.8 Å². The summed E-state index contributed by atoms with van der Waals surface area (Å²) in [5.41, 5.74) is 4.22. The van der Waals surface area contributed by atoms with Crippen LogP contribution in [-0.2, 0) is 11.3 Å². The quantitative estimate of drug-likeness (QED) is 0.685. The van der Waals surface area contributed by atoms with Crippen LogP contribution in [0, 0.1) is 0 Å². The van der Waals surface area contributed by atoms with Crippen molar-refractivity contribution in [3.8, 4) is 22.4 Å². The van der Waals surface area contributed by atoms with Crippen LogP contribution in [-0.4, -0.2) is 57.5 Å². The van der Waals surface area contributed by atoms with E-state index in [1.54, 1.807) is 6.33 Å². The predicted molar refractivity (Wildman–Crippen MR) is 101 cm³/mol. The van der Waals surface area contributed by atoms with Crippen LogP contribution in [0.15, 0.2) is 55.2 Å². The van der Waals surface area contributed by atoms with Crippen molar-refractivity contribution >= 4 is 0 Å². The van der Waals surface area contributed by atoms with Gasteiger partial charge in [0.25, 0.3) is 0 Å². The zero-order chi connectivity index (χ0) is 17.6. The maximum absolute atomic E-state index is 5.39. The third-order valence-electron chi connectivity index (χ3n) is 4.66. The second-order valence-electron chi connectivity index (χ2n) is 6.48. The van der Waals surface area contributed by atoms with E-state index in [1.165, 1.54) is 0 Å².